The number of nitrogens with zero attached hydrogens (tertiary/aromatic N) is 1. The van der Waals surface area contributed by atoms with Gasteiger partial charge in [0.05, 0.1) is 21.3 Å². The average Bonchev–Trinajstić information content (AvgIpc) is 2.53. The van der Waals surface area contributed by atoms with Crippen molar-refractivity contribution in [3.8, 4) is 17.2 Å². The first-order valence-corrected chi connectivity index (χ1v) is 7.91. The monoisotopic (exact) mass is 303 g/mol. The Hall–Kier alpha value is -1.68. The van der Waals surface area contributed by atoms with Crippen LogP contribution in [0.5, 0.6) is 17.2 Å². The first kappa shape index (κ1) is 15.2. The van der Waals surface area contributed by atoms with E-state index in [2.05, 4.69) is 30.2 Å². The highest BCUT2D eigenvalue weighted by molar-refractivity contribution is 5.72. The van der Waals surface area contributed by atoms with Gasteiger partial charge < -0.3 is 14.2 Å². The number of piperidine rings is 1. The van der Waals surface area contributed by atoms with Crippen LogP contribution in [0.25, 0.3) is 5.57 Å². The Morgan fingerprint density at radius 3 is 2.23 bits per heavy atom. The Bertz CT molecular complexity index is 557. The van der Waals surface area contributed by atoms with Gasteiger partial charge in [-0.15, -0.1) is 0 Å². The van der Waals surface area contributed by atoms with Crippen molar-refractivity contribution < 1.29 is 14.2 Å². The molecule has 0 aliphatic carbocycles. The summed E-state index contributed by atoms with van der Waals surface area (Å²) < 4.78 is 16.4. The van der Waals surface area contributed by atoms with E-state index >= 15 is 0 Å². The van der Waals surface area contributed by atoms with Crippen LogP contribution in [-0.2, 0) is 0 Å². The van der Waals surface area contributed by atoms with Gasteiger partial charge in [-0.2, -0.15) is 0 Å². The van der Waals surface area contributed by atoms with E-state index in [1.165, 1.54) is 30.4 Å². The molecule has 3 rings (SSSR count). The molecule has 0 amide bonds. The van der Waals surface area contributed by atoms with Gasteiger partial charge in [0, 0.05) is 12.1 Å². The number of methoxy groups -OCH3 is 3. The van der Waals surface area contributed by atoms with Crippen LogP contribution in [-0.4, -0.2) is 45.4 Å². The van der Waals surface area contributed by atoms with E-state index in [1.54, 1.807) is 21.3 Å². The first-order chi connectivity index (χ1) is 10.7. The molecule has 0 saturated carbocycles. The third kappa shape index (κ3) is 2.56. The number of rotatable bonds is 4. The highest BCUT2D eigenvalue weighted by atomic mass is 16.5. The normalized spacial score (nSPS) is 24.6. The van der Waals surface area contributed by atoms with Crippen molar-refractivity contribution in [1.29, 1.82) is 0 Å². The molecule has 1 aromatic rings. The smallest absolute Gasteiger partial charge is 0.203 e. The standard InChI is InChI=1S/C18H25NO3/c1-19-14-6-5-7-15(19)9-12(8-14)13-10-16(20-2)18(22-4)17(11-13)21-3/h8,10-11,14-15H,5-7,9H2,1-4H3. The largest absolute Gasteiger partial charge is 0.493 e. The van der Waals surface area contributed by atoms with Crippen LogP contribution in [0.2, 0.25) is 0 Å². The molecule has 2 heterocycles. The molecule has 0 aromatic heterocycles. The van der Waals surface area contributed by atoms with Crippen LogP contribution in [0, 0.1) is 0 Å². The Balaban J connectivity index is 2.01. The summed E-state index contributed by atoms with van der Waals surface area (Å²) in [7, 11) is 7.22. The van der Waals surface area contributed by atoms with Gasteiger partial charge in [-0.25, -0.2) is 0 Å². The predicted octanol–water partition coefficient (Wildman–Crippen LogP) is 3.35. The Morgan fingerprint density at radius 1 is 1.00 bits per heavy atom. The summed E-state index contributed by atoms with van der Waals surface area (Å²) in [4.78, 5) is 2.52. The zero-order chi connectivity index (χ0) is 15.7. The van der Waals surface area contributed by atoms with Gasteiger partial charge in [0.15, 0.2) is 11.5 Å². The maximum Gasteiger partial charge on any atom is 0.203 e. The van der Waals surface area contributed by atoms with Gasteiger partial charge in [0.2, 0.25) is 5.75 Å². The topological polar surface area (TPSA) is 30.9 Å². The molecule has 4 heteroatoms. The third-order valence-electron chi connectivity index (χ3n) is 5.02. The van der Waals surface area contributed by atoms with Gasteiger partial charge in [-0.1, -0.05) is 12.5 Å². The summed E-state index contributed by atoms with van der Waals surface area (Å²) in [6.07, 6.45) is 7.37. The van der Waals surface area contributed by atoms with Crippen LogP contribution >= 0.6 is 0 Å². The summed E-state index contributed by atoms with van der Waals surface area (Å²) >= 11 is 0. The number of benzene rings is 1. The van der Waals surface area contributed by atoms with Crippen molar-refractivity contribution in [3.63, 3.8) is 0 Å². The molecule has 0 spiro atoms. The lowest BCUT2D eigenvalue weighted by Gasteiger charge is -2.43. The maximum atomic E-state index is 5.48. The summed E-state index contributed by atoms with van der Waals surface area (Å²) in [6, 6.07) is 5.34. The molecule has 2 aliphatic rings. The average molecular weight is 303 g/mol. The van der Waals surface area contributed by atoms with E-state index in [9.17, 15) is 0 Å². The van der Waals surface area contributed by atoms with Gasteiger partial charge >= 0.3 is 0 Å². The number of likely N-dealkylation sites (N-methyl/N-ethyl adjacent to an activating group) is 1. The molecular weight excluding hydrogens is 278 g/mol. The van der Waals surface area contributed by atoms with Crippen LogP contribution in [0.1, 0.15) is 31.2 Å². The lowest BCUT2D eigenvalue weighted by atomic mass is 9.83. The fraction of sp³-hybridized carbons (Fsp3) is 0.556. The molecular formula is C18H25NO3. The fourth-order valence-corrected chi connectivity index (χ4v) is 3.72. The van der Waals surface area contributed by atoms with Crippen molar-refractivity contribution >= 4 is 5.57 Å². The van der Waals surface area contributed by atoms with E-state index < -0.39 is 0 Å². The summed E-state index contributed by atoms with van der Waals surface area (Å²) in [5, 5.41) is 0. The van der Waals surface area contributed by atoms with E-state index in [-0.39, 0.29) is 0 Å². The van der Waals surface area contributed by atoms with Crippen molar-refractivity contribution in [1.82, 2.24) is 4.90 Å². The number of hydrogen-bond donors (Lipinski definition) is 0. The second kappa shape index (κ2) is 6.21. The minimum atomic E-state index is 0.557. The van der Waals surface area contributed by atoms with Crippen LogP contribution < -0.4 is 14.2 Å². The molecule has 1 saturated heterocycles. The van der Waals surface area contributed by atoms with Crippen LogP contribution in [0.4, 0.5) is 0 Å². The van der Waals surface area contributed by atoms with E-state index in [0.29, 0.717) is 17.8 Å². The molecule has 2 aliphatic heterocycles. The molecule has 1 fully saturated rings. The minimum absolute atomic E-state index is 0.557. The first-order valence-electron chi connectivity index (χ1n) is 7.91. The minimum Gasteiger partial charge on any atom is -0.493 e. The molecule has 2 unspecified atom stereocenters. The summed E-state index contributed by atoms with van der Waals surface area (Å²) in [5.41, 5.74) is 2.58. The molecule has 22 heavy (non-hydrogen) atoms. The Labute approximate surface area is 132 Å². The number of hydrogen-bond acceptors (Lipinski definition) is 4. The molecule has 0 N–H and O–H groups in total. The summed E-state index contributed by atoms with van der Waals surface area (Å²) in [6.45, 7) is 0. The van der Waals surface area contributed by atoms with Gasteiger partial charge in [-0.05, 0) is 49.6 Å². The second-order valence-corrected chi connectivity index (χ2v) is 6.13. The van der Waals surface area contributed by atoms with Crippen molar-refractivity contribution in [2.24, 2.45) is 0 Å². The van der Waals surface area contributed by atoms with Gasteiger partial charge in [0.1, 0.15) is 0 Å². The molecule has 4 nitrogen and oxygen atoms in total. The fourth-order valence-electron chi connectivity index (χ4n) is 3.72. The molecule has 2 bridgehead atoms. The van der Waals surface area contributed by atoms with Gasteiger partial charge in [0.25, 0.3) is 0 Å². The van der Waals surface area contributed by atoms with Crippen molar-refractivity contribution in [2.45, 2.75) is 37.8 Å². The maximum absolute atomic E-state index is 5.48. The quantitative estimate of drug-likeness (QED) is 0.853. The van der Waals surface area contributed by atoms with E-state index in [1.807, 2.05) is 0 Å². The SMILES string of the molecule is COc1cc(C2=CC3CCCC(C2)N3C)cc(OC)c1OC. The zero-order valence-electron chi connectivity index (χ0n) is 13.9. The van der Waals surface area contributed by atoms with Crippen LogP contribution in [0.3, 0.4) is 0 Å². The predicted molar refractivity (Wildman–Crippen MR) is 87.9 cm³/mol. The summed E-state index contributed by atoms with van der Waals surface area (Å²) in [5.74, 6) is 2.10. The Morgan fingerprint density at radius 2 is 1.68 bits per heavy atom. The molecule has 2 atom stereocenters. The lowest BCUT2D eigenvalue weighted by Crippen LogP contribution is -2.45. The molecule has 120 valence electrons. The number of fused-ring (bicyclic) bond motifs is 2. The number of ether oxygens (including phenoxy) is 3. The molecule has 1 aromatic carbocycles. The van der Waals surface area contributed by atoms with Crippen molar-refractivity contribution in [3.05, 3.63) is 23.8 Å². The van der Waals surface area contributed by atoms with E-state index in [4.69, 9.17) is 14.2 Å². The van der Waals surface area contributed by atoms with E-state index in [0.717, 1.165) is 17.9 Å². The molecule has 0 radical (unpaired) electrons. The lowest BCUT2D eigenvalue weighted by molar-refractivity contribution is 0.137. The highest BCUT2D eigenvalue weighted by Gasteiger charge is 2.31. The van der Waals surface area contributed by atoms with Crippen molar-refractivity contribution in [2.75, 3.05) is 28.4 Å². The second-order valence-electron chi connectivity index (χ2n) is 6.13. The zero-order valence-corrected chi connectivity index (χ0v) is 13.9. The van der Waals surface area contributed by atoms with Gasteiger partial charge in [-0.3, -0.25) is 4.90 Å². The van der Waals surface area contributed by atoms with Crippen LogP contribution in [0.15, 0.2) is 18.2 Å². The highest BCUT2D eigenvalue weighted by Crippen LogP contribution is 2.43. The third-order valence-corrected chi connectivity index (χ3v) is 5.02. The Kier molecular flexibility index (Phi) is 4.30.